The number of rotatable bonds is 3. The van der Waals surface area contributed by atoms with Crippen LogP contribution in [0.1, 0.15) is 30.0 Å². The Bertz CT molecular complexity index is 796. The fourth-order valence-electron chi connectivity index (χ4n) is 2.85. The number of fused-ring (bicyclic) bond motifs is 2. The highest BCUT2D eigenvalue weighted by Gasteiger charge is 2.20. The van der Waals surface area contributed by atoms with Gasteiger partial charge in [-0.25, -0.2) is 0 Å². The molecule has 4 heteroatoms. The van der Waals surface area contributed by atoms with Crippen molar-refractivity contribution in [3.05, 3.63) is 65.2 Å². The van der Waals surface area contributed by atoms with Crippen molar-refractivity contribution >= 4 is 29.7 Å². The highest BCUT2D eigenvalue weighted by molar-refractivity contribution is 5.97. The van der Waals surface area contributed by atoms with Gasteiger partial charge in [0.15, 0.2) is 0 Å². The lowest BCUT2D eigenvalue weighted by Crippen LogP contribution is -2.34. The Morgan fingerprint density at radius 2 is 1.67 bits per heavy atom. The zero-order valence-electron chi connectivity index (χ0n) is 13.7. The number of hydrogen-bond donors (Lipinski definition) is 1. The van der Waals surface area contributed by atoms with E-state index < -0.39 is 0 Å². The molecule has 0 saturated heterocycles. The van der Waals surface area contributed by atoms with E-state index >= 15 is 0 Å². The molecule has 0 atom stereocenters. The fraction of sp³-hybridized carbons (Fsp3) is 0.200. The predicted molar refractivity (Wildman–Crippen MR) is 96.3 cm³/mol. The molecule has 1 aliphatic heterocycles. The molecule has 0 fully saturated rings. The molecule has 122 valence electrons. The molecule has 0 aliphatic carbocycles. The summed E-state index contributed by atoms with van der Waals surface area (Å²) >= 11 is 0. The van der Waals surface area contributed by atoms with Crippen LogP contribution in [0.25, 0.3) is 12.2 Å². The smallest absolute Gasteiger partial charge is 0.229 e. The summed E-state index contributed by atoms with van der Waals surface area (Å²) in [5, 5.41) is 2.69. The van der Waals surface area contributed by atoms with Gasteiger partial charge in [0.2, 0.25) is 11.8 Å². The summed E-state index contributed by atoms with van der Waals surface area (Å²) < 4.78 is 0. The largest absolute Gasteiger partial charge is 0.356 e. The van der Waals surface area contributed by atoms with Gasteiger partial charge >= 0.3 is 0 Å². The van der Waals surface area contributed by atoms with Crippen molar-refractivity contribution in [3.63, 3.8) is 0 Å². The SMILES string of the molecule is CC(=O)NCCC(=O)N1Cc2ccccc2/C=C\c2ccccc21. The Morgan fingerprint density at radius 1 is 1.00 bits per heavy atom. The lowest BCUT2D eigenvalue weighted by atomic mass is 10.0. The van der Waals surface area contributed by atoms with E-state index in [0.29, 0.717) is 13.1 Å². The van der Waals surface area contributed by atoms with Gasteiger partial charge in [0.1, 0.15) is 0 Å². The highest BCUT2D eigenvalue weighted by atomic mass is 16.2. The molecule has 1 heterocycles. The van der Waals surface area contributed by atoms with E-state index in [1.807, 2.05) is 48.5 Å². The van der Waals surface area contributed by atoms with Crippen molar-refractivity contribution in [2.75, 3.05) is 11.4 Å². The zero-order valence-corrected chi connectivity index (χ0v) is 13.7. The molecule has 2 amide bonds. The summed E-state index contributed by atoms with van der Waals surface area (Å²) in [6.07, 6.45) is 4.41. The molecule has 0 bridgehead atoms. The third-order valence-electron chi connectivity index (χ3n) is 4.07. The van der Waals surface area contributed by atoms with E-state index in [9.17, 15) is 9.59 Å². The second-order valence-corrected chi connectivity index (χ2v) is 5.80. The Morgan fingerprint density at radius 3 is 2.46 bits per heavy atom. The molecule has 0 radical (unpaired) electrons. The number of nitrogens with one attached hydrogen (secondary N) is 1. The first-order valence-electron chi connectivity index (χ1n) is 8.05. The minimum Gasteiger partial charge on any atom is -0.356 e. The van der Waals surface area contributed by atoms with Gasteiger partial charge in [0, 0.05) is 19.9 Å². The molecule has 0 spiro atoms. The van der Waals surface area contributed by atoms with Crippen molar-refractivity contribution in [2.24, 2.45) is 0 Å². The van der Waals surface area contributed by atoms with Crippen LogP contribution in [0.2, 0.25) is 0 Å². The predicted octanol–water partition coefficient (Wildman–Crippen LogP) is 3.23. The molecule has 3 rings (SSSR count). The summed E-state index contributed by atoms with van der Waals surface area (Å²) in [4.78, 5) is 25.6. The van der Waals surface area contributed by atoms with Gasteiger partial charge < -0.3 is 10.2 Å². The van der Waals surface area contributed by atoms with Gasteiger partial charge in [0.25, 0.3) is 0 Å². The van der Waals surface area contributed by atoms with Crippen LogP contribution in [0.15, 0.2) is 48.5 Å². The molecule has 24 heavy (non-hydrogen) atoms. The standard InChI is InChI=1S/C20H20N2O2/c1-15(23)21-13-12-20(24)22-14-18-8-3-2-6-16(18)10-11-17-7-4-5-9-19(17)22/h2-11H,12-14H2,1H3,(H,21,23)/b11-10-. The molecule has 2 aromatic carbocycles. The first-order chi connectivity index (χ1) is 11.6. The van der Waals surface area contributed by atoms with Crippen LogP contribution in [0.5, 0.6) is 0 Å². The minimum absolute atomic E-state index is 0.00121. The molecular weight excluding hydrogens is 300 g/mol. The summed E-state index contributed by atoms with van der Waals surface area (Å²) in [6.45, 7) is 2.33. The van der Waals surface area contributed by atoms with Crippen molar-refractivity contribution in [1.82, 2.24) is 5.32 Å². The van der Waals surface area contributed by atoms with Gasteiger partial charge in [-0.2, -0.15) is 0 Å². The third kappa shape index (κ3) is 3.54. The number of amides is 2. The minimum atomic E-state index is -0.121. The molecular formula is C20H20N2O2. The van der Waals surface area contributed by atoms with Gasteiger partial charge in [-0.15, -0.1) is 0 Å². The van der Waals surface area contributed by atoms with Crippen molar-refractivity contribution in [2.45, 2.75) is 19.9 Å². The second-order valence-electron chi connectivity index (χ2n) is 5.80. The lowest BCUT2D eigenvalue weighted by Gasteiger charge is -2.27. The molecule has 1 aliphatic rings. The average molecular weight is 320 g/mol. The summed E-state index contributed by atoms with van der Waals surface area (Å²) in [5.41, 5.74) is 4.14. The fourth-order valence-corrected chi connectivity index (χ4v) is 2.85. The van der Waals surface area contributed by atoms with E-state index in [-0.39, 0.29) is 18.2 Å². The van der Waals surface area contributed by atoms with Crippen molar-refractivity contribution in [1.29, 1.82) is 0 Å². The lowest BCUT2D eigenvalue weighted by molar-refractivity contribution is -0.120. The monoisotopic (exact) mass is 320 g/mol. The van der Waals surface area contributed by atoms with Crippen molar-refractivity contribution in [3.8, 4) is 0 Å². The van der Waals surface area contributed by atoms with E-state index in [0.717, 1.165) is 22.4 Å². The third-order valence-corrected chi connectivity index (χ3v) is 4.07. The van der Waals surface area contributed by atoms with E-state index in [1.54, 1.807) is 4.90 Å². The van der Waals surface area contributed by atoms with Crippen LogP contribution in [-0.4, -0.2) is 18.4 Å². The van der Waals surface area contributed by atoms with E-state index in [2.05, 4.69) is 17.5 Å². The summed E-state index contributed by atoms with van der Waals surface area (Å²) in [6, 6.07) is 16.0. The maximum Gasteiger partial charge on any atom is 0.229 e. The van der Waals surface area contributed by atoms with Gasteiger partial charge in [-0.05, 0) is 22.8 Å². The maximum atomic E-state index is 12.8. The molecule has 2 aromatic rings. The summed E-state index contributed by atoms with van der Waals surface area (Å²) in [5.74, 6) is -0.120. The number of anilines is 1. The number of carbonyl (C=O) groups excluding carboxylic acids is 2. The Hall–Kier alpha value is -2.88. The molecule has 1 N–H and O–H groups in total. The van der Waals surface area contributed by atoms with Crippen LogP contribution in [-0.2, 0) is 16.1 Å². The van der Waals surface area contributed by atoms with Gasteiger partial charge in [-0.3, -0.25) is 9.59 Å². The summed E-state index contributed by atoms with van der Waals surface area (Å²) in [7, 11) is 0. The topological polar surface area (TPSA) is 49.4 Å². The number of para-hydroxylation sites is 1. The normalized spacial score (nSPS) is 14.0. The zero-order chi connectivity index (χ0) is 16.9. The quantitative estimate of drug-likeness (QED) is 0.944. The Kier molecular flexibility index (Phi) is 4.75. The van der Waals surface area contributed by atoms with E-state index in [1.165, 1.54) is 6.92 Å². The maximum absolute atomic E-state index is 12.8. The second kappa shape index (κ2) is 7.13. The van der Waals surface area contributed by atoms with Crippen LogP contribution < -0.4 is 10.2 Å². The van der Waals surface area contributed by atoms with Crippen LogP contribution in [0.3, 0.4) is 0 Å². The number of hydrogen-bond acceptors (Lipinski definition) is 2. The number of benzene rings is 2. The Balaban J connectivity index is 1.93. The number of carbonyl (C=O) groups is 2. The molecule has 0 unspecified atom stereocenters. The van der Waals surface area contributed by atoms with Crippen molar-refractivity contribution < 1.29 is 9.59 Å². The average Bonchev–Trinajstić information content (AvgIpc) is 2.56. The molecule has 4 nitrogen and oxygen atoms in total. The Labute approximate surface area is 141 Å². The molecule has 0 saturated carbocycles. The molecule has 0 aromatic heterocycles. The van der Waals surface area contributed by atoms with Gasteiger partial charge in [0.05, 0.1) is 12.2 Å². The van der Waals surface area contributed by atoms with Crippen LogP contribution in [0, 0.1) is 0 Å². The first-order valence-corrected chi connectivity index (χ1v) is 8.05. The van der Waals surface area contributed by atoms with Gasteiger partial charge in [-0.1, -0.05) is 54.6 Å². The van der Waals surface area contributed by atoms with E-state index in [4.69, 9.17) is 0 Å². The first kappa shape index (κ1) is 16.0. The number of nitrogens with zero attached hydrogens (tertiary/aromatic N) is 1. The van der Waals surface area contributed by atoms with Crippen LogP contribution >= 0.6 is 0 Å². The highest BCUT2D eigenvalue weighted by Crippen LogP contribution is 2.29. The van der Waals surface area contributed by atoms with Crippen LogP contribution in [0.4, 0.5) is 5.69 Å².